The highest BCUT2D eigenvalue weighted by Crippen LogP contribution is 2.34. The summed E-state index contributed by atoms with van der Waals surface area (Å²) in [6.45, 7) is -0.0628. The smallest absolute Gasteiger partial charge is 0.340 e. The van der Waals surface area contributed by atoms with Crippen LogP contribution in [0.2, 0.25) is 5.02 Å². The molecular formula is C10H9ClFIO4. The van der Waals surface area contributed by atoms with E-state index in [4.69, 9.17) is 21.1 Å². The van der Waals surface area contributed by atoms with Crippen molar-refractivity contribution in [2.24, 2.45) is 0 Å². The molecule has 0 spiro atoms. The van der Waals surface area contributed by atoms with E-state index in [9.17, 15) is 9.18 Å². The van der Waals surface area contributed by atoms with E-state index in [1.807, 2.05) is 22.6 Å². The molecule has 0 aliphatic rings. The molecule has 0 N–H and O–H groups in total. The molecule has 94 valence electrons. The number of methoxy groups -OCH3 is 2. The number of carbonyl (C=O) groups excluding carboxylic acids is 1. The van der Waals surface area contributed by atoms with Crippen LogP contribution in [0.15, 0.2) is 6.07 Å². The maximum atomic E-state index is 13.7. The molecular weight excluding hydrogens is 365 g/mol. The Morgan fingerprint density at radius 3 is 2.71 bits per heavy atom. The first-order chi connectivity index (χ1) is 8.02. The van der Waals surface area contributed by atoms with Crippen molar-refractivity contribution in [3.05, 3.63) is 26.0 Å². The van der Waals surface area contributed by atoms with Crippen molar-refractivity contribution in [3.8, 4) is 5.75 Å². The molecule has 0 atom stereocenters. The number of rotatable bonds is 4. The maximum absolute atomic E-state index is 13.7. The average Bonchev–Trinajstić information content (AvgIpc) is 2.32. The fourth-order valence-corrected chi connectivity index (χ4v) is 2.24. The predicted molar refractivity (Wildman–Crippen MR) is 68.0 cm³/mol. The highest BCUT2D eigenvalue weighted by Gasteiger charge is 2.21. The number of halogens is 3. The van der Waals surface area contributed by atoms with Crippen LogP contribution in [0.4, 0.5) is 4.39 Å². The number of carbonyl (C=O) groups is 1. The zero-order valence-corrected chi connectivity index (χ0v) is 12.0. The van der Waals surface area contributed by atoms with Gasteiger partial charge < -0.3 is 14.2 Å². The van der Waals surface area contributed by atoms with Crippen LogP contribution in [-0.2, 0) is 9.47 Å². The Bertz CT molecular complexity index is 439. The van der Waals surface area contributed by atoms with Gasteiger partial charge in [0.2, 0.25) is 0 Å². The Kier molecular flexibility index (Phi) is 5.41. The van der Waals surface area contributed by atoms with Crippen molar-refractivity contribution in [2.75, 3.05) is 21.0 Å². The summed E-state index contributed by atoms with van der Waals surface area (Å²) in [5.74, 6) is -1.52. The van der Waals surface area contributed by atoms with E-state index in [1.54, 1.807) is 0 Å². The standard InChI is InChI=1S/C10H9ClFIO4/c1-15-4-17-9-6(13)3-5(10(14)16-2)8(12)7(9)11/h3H,4H2,1-2H3. The lowest BCUT2D eigenvalue weighted by atomic mass is 10.2. The normalized spacial score (nSPS) is 10.2. The van der Waals surface area contributed by atoms with Crippen LogP contribution in [0.5, 0.6) is 5.75 Å². The van der Waals surface area contributed by atoms with Crippen LogP contribution in [0.25, 0.3) is 0 Å². The topological polar surface area (TPSA) is 44.8 Å². The summed E-state index contributed by atoms with van der Waals surface area (Å²) in [6, 6.07) is 1.30. The third-order valence-electron chi connectivity index (χ3n) is 1.84. The summed E-state index contributed by atoms with van der Waals surface area (Å²) in [7, 11) is 2.60. The molecule has 0 amide bonds. The van der Waals surface area contributed by atoms with Gasteiger partial charge in [-0.15, -0.1) is 0 Å². The van der Waals surface area contributed by atoms with E-state index < -0.39 is 11.8 Å². The van der Waals surface area contributed by atoms with Crippen LogP contribution in [0.1, 0.15) is 10.4 Å². The van der Waals surface area contributed by atoms with Gasteiger partial charge in [-0.2, -0.15) is 0 Å². The SMILES string of the molecule is COCOc1c(I)cc(C(=O)OC)c(F)c1Cl. The summed E-state index contributed by atoms with van der Waals surface area (Å²) >= 11 is 7.65. The molecule has 0 aliphatic heterocycles. The molecule has 4 nitrogen and oxygen atoms in total. The fourth-order valence-electron chi connectivity index (χ4n) is 1.09. The highest BCUT2D eigenvalue weighted by molar-refractivity contribution is 14.1. The monoisotopic (exact) mass is 374 g/mol. The molecule has 0 fully saturated rings. The van der Waals surface area contributed by atoms with E-state index in [2.05, 4.69) is 4.74 Å². The molecule has 0 aromatic heterocycles. The third-order valence-corrected chi connectivity index (χ3v) is 2.98. The minimum Gasteiger partial charge on any atom is -0.465 e. The van der Waals surface area contributed by atoms with Gasteiger partial charge in [0.1, 0.15) is 5.02 Å². The molecule has 7 heteroatoms. The van der Waals surface area contributed by atoms with Crippen LogP contribution in [0, 0.1) is 9.39 Å². The Morgan fingerprint density at radius 1 is 1.53 bits per heavy atom. The lowest BCUT2D eigenvalue weighted by Gasteiger charge is -2.11. The van der Waals surface area contributed by atoms with Crippen molar-refractivity contribution in [1.82, 2.24) is 0 Å². The molecule has 0 saturated heterocycles. The lowest BCUT2D eigenvalue weighted by Crippen LogP contribution is -2.08. The summed E-state index contributed by atoms with van der Waals surface area (Å²) < 4.78 is 28.5. The van der Waals surface area contributed by atoms with Crippen LogP contribution in [-0.4, -0.2) is 27.0 Å². The van der Waals surface area contributed by atoms with Gasteiger partial charge in [-0.25, -0.2) is 9.18 Å². The van der Waals surface area contributed by atoms with Gasteiger partial charge >= 0.3 is 5.97 Å². The average molecular weight is 375 g/mol. The van der Waals surface area contributed by atoms with E-state index in [-0.39, 0.29) is 23.1 Å². The summed E-state index contributed by atoms with van der Waals surface area (Å²) in [4.78, 5) is 11.3. The summed E-state index contributed by atoms with van der Waals surface area (Å²) in [5, 5.41) is -0.269. The molecule has 0 unspecified atom stereocenters. The van der Waals surface area contributed by atoms with Crippen molar-refractivity contribution in [3.63, 3.8) is 0 Å². The zero-order valence-electron chi connectivity index (χ0n) is 9.05. The third kappa shape index (κ3) is 3.20. The first kappa shape index (κ1) is 14.5. The second-order valence-corrected chi connectivity index (χ2v) is 4.45. The quantitative estimate of drug-likeness (QED) is 0.352. The fraction of sp³-hybridized carbons (Fsp3) is 0.300. The van der Waals surface area contributed by atoms with Gasteiger partial charge in [0.15, 0.2) is 18.4 Å². The first-order valence-electron chi connectivity index (χ1n) is 4.40. The van der Waals surface area contributed by atoms with Crippen molar-refractivity contribution in [2.45, 2.75) is 0 Å². The van der Waals surface area contributed by atoms with E-state index >= 15 is 0 Å². The molecule has 0 saturated carbocycles. The van der Waals surface area contributed by atoms with Gasteiger partial charge in [0, 0.05) is 7.11 Å². The van der Waals surface area contributed by atoms with Gasteiger partial charge in [-0.05, 0) is 28.7 Å². The molecule has 0 bridgehead atoms. The van der Waals surface area contributed by atoms with Crippen LogP contribution in [0.3, 0.4) is 0 Å². The van der Waals surface area contributed by atoms with E-state index in [1.165, 1.54) is 13.2 Å². The molecule has 1 aromatic carbocycles. The number of esters is 1. The predicted octanol–water partition coefficient (Wildman–Crippen LogP) is 2.85. The Labute approximate surface area is 116 Å². The summed E-state index contributed by atoms with van der Waals surface area (Å²) in [6.07, 6.45) is 0. The molecule has 0 aliphatic carbocycles. The largest absolute Gasteiger partial charge is 0.465 e. The summed E-state index contributed by atoms with van der Waals surface area (Å²) in [5.41, 5.74) is -0.230. The number of hydrogen-bond donors (Lipinski definition) is 0. The first-order valence-corrected chi connectivity index (χ1v) is 5.86. The van der Waals surface area contributed by atoms with Crippen molar-refractivity contribution >= 4 is 40.2 Å². The van der Waals surface area contributed by atoms with Gasteiger partial charge in [0.25, 0.3) is 0 Å². The van der Waals surface area contributed by atoms with Gasteiger partial charge in [0.05, 0.1) is 16.2 Å². The number of benzene rings is 1. The minimum atomic E-state index is -0.870. The second-order valence-electron chi connectivity index (χ2n) is 2.91. The lowest BCUT2D eigenvalue weighted by molar-refractivity contribution is 0.0502. The molecule has 0 radical (unpaired) electrons. The molecule has 1 rings (SSSR count). The van der Waals surface area contributed by atoms with Gasteiger partial charge in [-0.3, -0.25) is 0 Å². The minimum absolute atomic E-state index is 0.0628. The van der Waals surface area contributed by atoms with Crippen LogP contribution >= 0.6 is 34.2 Å². The second kappa shape index (κ2) is 6.36. The number of ether oxygens (including phenoxy) is 3. The Morgan fingerprint density at radius 2 is 2.18 bits per heavy atom. The van der Waals surface area contributed by atoms with E-state index in [0.717, 1.165) is 7.11 Å². The molecule has 0 heterocycles. The highest BCUT2D eigenvalue weighted by atomic mass is 127. The molecule has 17 heavy (non-hydrogen) atoms. The van der Waals surface area contributed by atoms with E-state index in [0.29, 0.717) is 3.57 Å². The van der Waals surface area contributed by atoms with Gasteiger partial charge in [-0.1, -0.05) is 11.6 Å². The Balaban J connectivity index is 3.21. The van der Waals surface area contributed by atoms with Crippen LogP contribution < -0.4 is 4.74 Å². The van der Waals surface area contributed by atoms with Crippen molar-refractivity contribution < 1.29 is 23.4 Å². The maximum Gasteiger partial charge on any atom is 0.340 e. The number of hydrogen-bond acceptors (Lipinski definition) is 4. The zero-order chi connectivity index (χ0) is 13.0. The van der Waals surface area contributed by atoms with Crippen molar-refractivity contribution in [1.29, 1.82) is 0 Å². The Hall–Kier alpha value is -0.600. The molecule has 1 aromatic rings.